The topological polar surface area (TPSA) is 20.2 Å². The van der Waals surface area contributed by atoms with Gasteiger partial charge in [0.05, 0.1) is 6.10 Å². The minimum Gasteiger partial charge on any atom is -0.393 e. The third-order valence-corrected chi connectivity index (χ3v) is 9.48. The fourth-order valence-electron chi connectivity index (χ4n) is 8.36. The largest absolute Gasteiger partial charge is 0.393 e. The Bertz CT molecular complexity index is 496. The lowest BCUT2D eigenvalue weighted by molar-refractivity contribution is -0.122. The second kappa shape index (κ2) is 5.86. The predicted octanol–water partition coefficient (Wildman–Crippen LogP) is 5.83. The zero-order valence-corrected chi connectivity index (χ0v) is 16.1. The molecule has 1 heteroatoms. The number of hydrogen-bond donors (Lipinski definition) is 1. The van der Waals surface area contributed by atoms with Gasteiger partial charge in [0, 0.05) is 0 Å². The summed E-state index contributed by atoms with van der Waals surface area (Å²) >= 11 is 0. The Morgan fingerprint density at radius 2 is 1.79 bits per heavy atom. The molecule has 4 aliphatic rings. The maximum Gasteiger partial charge on any atom is 0.0543 e. The fraction of sp³-hybridized carbons (Fsp3) is 0.913. The summed E-state index contributed by atoms with van der Waals surface area (Å²) in [5.74, 6) is 5.16. The van der Waals surface area contributed by atoms with E-state index < -0.39 is 0 Å². The smallest absolute Gasteiger partial charge is 0.0543 e. The molecule has 0 amide bonds. The minimum atomic E-state index is -0.0210. The first-order chi connectivity index (χ1) is 11.4. The van der Waals surface area contributed by atoms with Gasteiger partial charge in [-0.2, -0.15) is 0 Å². The van der Waals surface area contributed by atoms with Crippen molar-refractivity contribution in [1.29, 1.82) is 0 Å². The molecule has 0 bridgehead atoms. The highest BCUT2D eigenvalue weighted by atomic mass is 16.3. The maximum atomic E-state index is 10.2. The Hall–Kier alpha value is -0.300. The fourth-order valence-corrected chi connectivity index (χ4v) is 8.36. The Balaban J connectivity index is 1.64. The number of rotatable bonds is 2. The molecule has 0 aromatic heterocycles. The van der Waals surface area contributed by atoms with E-state index in [1.54, 1.807) is 0 Å². The van der Waals surface area contributed by atoms with Crippen molar-refractivity contribution in [3.05, 3.63) is 12.7 Å². The molecule has 0 spiro atoms. The molecular weight excluding hydrogens is 292 g/mol. The van der Waals surface area contributed by atoms with Gasteiger partial charge in [0.1, 0.15) is 0 Å². The summed E-state index contributed by atoms with van der Waals surface area (Å²) in [6.07, 6.45) is 14.2. The summed E-state index contributed by atoms with van der Waals surface area (Å²) in [4.78, 5) is 0. The summed E-state index contributed by atoms with van der Waals surface area (Å²) < 4.78 is 0. The lowest BCUT2D eigenvalue weighted by Gasteiger charge is -2.61. The van der Waals surface area contributed by atoms with Crippen molar-refractivity contribution in [2.75, 3.05) is 0 Å². The quantitative estimate of drug-likeness (QED) is 0.632. The molecule has 8 atom stereocenters. The normalized spacial score (nSPS) is 54.0. The summed E-state index contributed by atoms with van der Waals surface area (Å²) in [5.41, 5.74) is 0.943. The van der Waals surface area contributed by atoms with Crippen LogP contribution in [0.2, 0.25) is 0 Å². The van der Waals surface area contributed by atoms with Gasteiger partial charge in [0.15, 0.2) is 0 Å². The van der Waals surface area contributed by atoms with Gasteiger partial charge in [-0.1, -0.05) is 26.8 Å². The Labute approximate surface area is 149 Å². The van der Waals surface area contributed by atoms with E-state index in [9.17, 15) is 5.11 Å². The van der Waals surface area contributed by atoms with Gasteiger partial charge in [-0.25, -0.2) is 0 Å². The molecule has 0 saturated heterocycles. The van der Waals surface area contributed by atoms with Crippen molar-refractivity contribution in [1.82, 2.24) is 0 Å². The molecule has 0 heterocycles. The van der Waals surface area contributed by atoms with Crippen LogP contribution in [0.4, 0.5) is 0 Å². The standard InChI is InChI=1S/C23H38O/c1-5-23-13-11-20-18(21(23)9-8-19(23)15(2)3)7-6-16-14-17(24)10-12-22(16,20)4/h5,15-21,24H,1,6-14H2,2-4H3/t16-,17+,18+,19+,20-,21-,22-,23+/m0/s1. The lowest BCUT2D eigenvalue weighted by Crippen LogP contribution is -2.54. The Kier molecular flexibility index (Phi) is 4.18. The molecule has 4 fully saturated rings. The van der Waals surface area contributed by atoms with Crippen LogP contribution < -0.4 is 0 Å². The molecule has 1 nitrogen and oxygen atoms in total. The van der Waals surface area contributed by atoms with Gasteiger partial charge < -0.3 is 5.11 Å². The molecule has 0 aromatic carbocycles. The second-order valence-electron chi connectivity index (χ2n) is 10.4. The number of allylic oxidation sites excluding steroid dienone is 1. The summed E-state index contributed by atoms with van der Waals surface area (Å²) in [6, 6.07) is 0. The summed E-state index contributed by atoms with van der Waals surface area (Å²) in [5, 5.41) is 10.2. The van der Waals surface area contributed by atoms with Gasteiger partial charge in [-0.05, 0) is 104 Å². The zero-order valence-electron chi connectivity index (χ0n) is 16.1. The molecule has 0 aromatic rings. The van der Waals surface area contributed by atoms with Crippen molar-refractivity contribution in [2.24, 2.45) is 46.3 Å². The number of aliphatic hydroxyl groups is 1. The van der Waals surface area contributed by atoms with E-state index in [1.165, 1.54) is 44.9 Å². The molecule has 4 rings (SSSR count). The van der Waals surface area contributed by atoms with E-state index in [1.807, 2.05) is 0 Å². The van der Waals surface area contributed by atoms with Crippen molar-refractivity contribution in [2.45, 2.75) is 84.7 Å². The predicted molar refractivity (Wildman–Crippen MR) is 101 cm³/mol. The molecule has 0 aliphatic heterocycles. The van der Waals surface area contributed by atoms with Crippen molar-refractivity contribution in [3.63, 3.8) is 0 Å². The van der Waals surface area contributed by atoms with Crippen molar-refractivity contribution in [3.8, 4) is 0 Å². The molecule has 1 N–H and O–H groups in total. The van der Waals surface area contributed by atoms with Gasteiger partial charge in [0.25, 0.3) is 0 Å². The van der Waals surface area contributed by atoms with Gasteiger partial charge in [0.2, 0.25) is 0 Å². The Morgan fingerprint density at radius 1 is 1.00 bits per heavy atom. The molecule has 136 valence electrons. The third-order valence-electron chi connectivity index (χ3n) is 9.48. The SMILES string of the molecule is C=C[C@]12CC[C@H]3[C@@H](CC[C@H]4C[C@H](O)CC[C@@]43C)[C@@H]1CC[C@@H]2C(C)C. The van der Waals surface area contributed by atoms with E-state index >= 15 is 0 Å². The summed E-state index contributed by atoms with van der Waals surface area (Å²) in [6.45, 7) is 11.8. The minimum absolute atomic E-state index is 0.0210. The van der Waals surface area contributed by atoms with Gasteiger partial charge in [-0.3, -0.25) is 0 Å². The third kappa shape index (κ3) is 2.22. The average molecular weight is 331 g/mol. The Morgan fingerprint density at radius 3 is 2.50 bits per heavy atom. The van der Waals surface area contributed by atoms with Gasteiger partial charge in [-0.15, -0.1) is 6.58 Å². The number of aliphatic hydroxyl groups excluding tert-OH is 1. The van der Waals surface area contributed by atoms with E-state index in [4.69, 9.17) is 0 Å². The highest BCUT2D eigenvalue weighted by Crippen LogP contribution is 2.68. The van der Waals surface area contributed by atoms with Gasteiger partial charge >= 0.3 is 0 Å². The lowest BCUT2D eigenvalue weighted by atomic mass is 9.44. The second-order valence-corrected chi connectivity index (χ2v) is 10.4. The van der Waals surface area contributed by atoms with Crippen molar-refractivity contribution >= 4 is 0 Å². The number of hydrogen-bond acceptors (Lipinski definition) is 1. The van der Waals surface area contributed by atoms with Crippen LogP contribution in [-0.2, 0) is 0 Å². The zero-order chi connectivity index (χ0) is 17.1. The average Bonchev–Trinajstić information content (AvgIpc) is 2.95. The van der Waals surface area contributed by atoms with Crippen LogP contribution in [0.5, 0.6) is 0 Å². The number of fused-ring (bicyclic) bond motifs is 5. The molecule has 24 heavy (non-hydrogen) atoms. The van der Waals surface area contributed by atoms with E-state index in [-0.39, 0.29) is 6.10 Å². The first kappa shape index (κ1) is 17.1. The molecule has 4 aliphatic carbocycles. The van der Waals surface area contributed by atoms with Crippen LogP contribution in [-0.4, -0.2) is 11.2 Å². The first-order valence-corrected chi connectivity index (χ1v) is 10.7. The van der Waals surface area contributed by atoms with Crippen LogP contribution in [0.25, 0.3) is 0 Å². The van der Waals surface area contributed by atoms with Crippen LogP contribution in [0.1, 0.15) is 78.6 Å². The molecule has 0 radical (unpaired) electrons. The van der Waals surface area contributed by atoms with E-state index in [0.29, 0.717) is 10.8 Å². The van der Waals surface area contributed by atoms with Crippen LogP contribution in [0.15, 0.2) is 12.7 Å². The maximum absolute atomic E-state index is 10.2. The molecule has 4 saturated carbocycles. The van der Waals surface area contributed by atoms with E-state index in [0.717, 1.165) is 48.3 Å². The highest BCUT2D eigenvalue weighted by molar-refractivity contribution is 5.15. The highest BCUT2D eigenvalue weighted by Gasteiger charge is 2.60. The van der Waals surface area contributed by atoms with E-state index in [2.05, 4.69) is 33.4 Å². The molecular formula is C23H38O. The van der Waals surface area contributed by atoms with Crippen LogP contribution in [0.3, 0.4) is 0 Å². The van der Waals surface area contributed by atoms with Crippen molar-refractivity contribution < 1.29 is 5.11 Å². The monoisotopic (exact) mass is 330 g/mol. The van der Waals surface area contributed by atoms with Crippen LogP contribution >= 0.6 is 0 Å². The molecule has 0 unspecified atom stereocenters. The van der Waals surface area contributed by atoms with Crippen LogP contribution in [0, 0.1) is 46.3 Å². The first-order valence-electron chi connectivity index (χ1n) is 10.7. The summed E-state index contributed by atoms with van der Waals surface area (Å²) in [7, 11) is 0.